The number of rotatable bonds is 32. The SMILES string of the molecule is NC(=O)CC[C@H](N)C(=O)N[C@@H](Cc1cnc[nH]1)C(=O)N[C@@H](Cc1c[nH]c2ccccc12)C(=O)N[C@@H](CO)C(=O)N[C@@H](Cc1cnc[nH]1)C(=O)NCC(=O)N[C@@H](Cc1c[nH]c2ccccc12)C(=O)N[C@@H](Cc1ccc(O)cc1)C(=O)N1CCC[C@H]1C(=O)NCC(=O)O. The van der Waals surface area contributed by atoms with E-state index in [1.807, 2.05) is 0 Å². The van der Waals surface area contributed by atoms with Gasteiger partial charge in [0.05, 0.1) is 31.8 Å². The molecule has 1 aliphatic heterocycles. The summed E-state index contributed by atoms with van der Waals surface area (Å²) in [6.45, 7) is -2.41. The summed E-state index contributed by atoms with van der Waals surface area (Å²) in [5, 5.41) is 51.7. The highest BCUT2D eigenvalue weighted by atomic mass is 16.4. The van der Waals surface area contributed by atoms with Crippen LogP contribution in [-0.2, 0) is 84.8 Å². The average molecular weight is 1250 g/mol. The summed E-state index contributed by atoms with van der Waals surface area (Å²) in [6.07, 6.45) is 8.02. The Labute approximate surface area is 518 Å². The molecule has 0 aliphatic carbocycles. The molecule has 0 radical (unpaired) electrons. The van der Waals surface area contributed by atoms with Crippen LogP contribution in [0.5, 0.6) is 5.75 Å². The number of nitrogens with one attached hydrogen (secondary N) is 12. The average Bonchev–Trinajstić information content (AvgIpc) is 2.05. The van der Waals surface area contributed by atoms with Crippen molar-refractivity contribution in [2.75, 3.05) is 26.2 Å². The standard InChI is InChI=1S/C60H71N17O14/c61-40(15-16-50(62)80)53(84)72-46(22-36-26-64-31-70-36)57(88)73-44(20-34-24-66-42-9-4-2-7-39(34)42)56(87)76-48(29-78)58(89)74-45(21-35-25-63-30-69-35)54(85)67-27-51(81)71-43(19-33-23-65-41-8-3-1-6-38(33)41)55(86)75-47(18-32-11-13-37(79)14-12-32)60(91)77-17-5-10-49(77)59(90)68-28-52(82)83/h1-4,6-9,11-14,23-26,30-31,40,43-49,65-66,78-79H,5,10,15-22,27-29,61H2,(H2,62,80)(H,63,69)(H,64,70)(H,67,85)(H,68,90)(H,71,81)(H,72,84)(H,73,88)(H,74,89)(H,75,86)(H,76,87)(H,82,83)/t40-,43-,44-,45-,46-,47-,48-,49-/m0/s1. The molecule has 1 fully saturated rings. The molecule has 31 nitrogen and oxygen atoms in total. The number of phenolic OH excluding ortho intramolecular Hbond substituents is 1. The largest absolute Gasteiger partial charge is 0.508 e. The highest BCUT2D eigenvalue weighted by molar-refractivity contribution is 5.99. The molecule has 0 saturated carbocycles. The third kappa shape index (κ3) is 18.3. The first kappa shape index (κ1) is 66.0. The third-order valence-electron chi connectivity index (χ3n) is 15.2. The fourth-order valence-corrected chi connectivity index (χ4v) is 10.5. The number of carboxylic acids is 1. The molecule has 0 spiro atoms. The normalized spacial score (nSPS) is 15.2. The lowest BCUT2D eigenvalue weighted by Gasteiger charge is -2.30. The zero-order chi connectivity index (χ0) is 65.1. The van der Waals surface area contributed by atoms with Gasteiger partial charge in [0.1, 0.15) is 54.6 Å². The number of H-pyrrole nitrogens is 4. The van der Waals surface area contributed by atoms with E-state index in [2.05, 4.69) is 72.4 Å². The van der Waals surface area contributed by atoms with E-state index in [0.29, 0.717) is 56.3 Å². The van der Waals surface area contributed by atoms with Crippen molar-refractivity contribution in [1.29, 1.82) is 0 Å². The fraction of sp³-hybridized carbons (Fsp3) is 0.350. The van der Waals surface area contributed by atoms with E-state index in [9.17, 15) is 68.1 Å². The lowest BCUT2D eigenvalue weighted by molar-refractivity contribution is -0.143. The van der Waals surface area contributed by atoms with Crippen molar-refractivity contribution in [2.45, 2.75) is 106 Å². The van der Waals surface area contributed by atoms with Gasteiger partial charge in [0.25, 0.3) is 0 Å². The van der Waals surface area contributed by atoms with Crippen LogP contribution in [0.4, 0.5) is 0 Å². The number of aliphatic hydroxyl groups is 1. The number of aromatic nitrogens is 6. The molecule has 4 aromatic heterocycles. The number of imidazole rings is 2. The zero-order valence-electron chi connectivity index (χ0n) is 49.0. The number of fused-ring (bicyclic) bond motifs is 2. The predicted molar refractivity (Wildman–Crippen MR) is 324 cm³/mol. The number of carbonyl (C=O) groups is 11. The topological polar surface area (TPSA) is 489 Å². The minimum Gasteiger partial charge on any atom is -0.508 e. The van der Waals surface area contributed by atoms with Gasteiger partial charge >= 0.3 is 5.97 Å². The Bertz CT molecular complexity index is 3720. The molecule has 31 heteroatoms. The molecule has 1 saturated heterocycles. The number of nitrogens with zero attached hydrogens (tertiary/aromatic N) is 3. The third-order valence-corrected chi connectivity index (χ3v) is 15.2. The van der Waals surface area contributed by atoms with Gasteiger partial charge in [0.15, 0.2) is 0 Å². The number of nitrogens with two attached hydrogens (primary N) is 2. The Morgan fingerprint density at radius 1 is 0.582 bits per heavy atom. The molecule has 91 heavy (non-hydrogen) atoms. The number of carbonyl (C=O) groups excluding carboxylic acids is 10. The number of likely N-dealkylation sites (tertiary alicyclic amines) is 1. The highest BCUT2D eigenvalue weighted by Crippen LogP contribution is 2.24. The summed E-state index contributed by atoms with van der Waals surface area (Å²) in [7, 11) is 0. The first-order valence-corrected chi connectivity index (χ1v) is 29.1. The highest BCUT2D eigenvalue weighted by Gasteiger charge is 2.39. The summed E-state index contributed by atoms with van der Waals surface area (Å²) >= 11 is 0. The molecule has 7 aromatic rings. The van der Waals surface area contributed by atoms with Crippen LogP contribution in [0, 0.1) is 0 Å². The second-order valence-electron chi connectivity index (χ2n) is 21.8. The monoisotopic (exact) mass is 1250 g/mol. The van der Waals surface area contributed by atoms with Gasteiger partial charge in [-0.15, -0.1) is 0 Å². The summed E-state index contributed by atoms with van der Waals surface area (Å²) in [5.74, 6) is -9.89. The van der Waals surface area contributed by atoms with Crippen molar-refractivity contribution in [3.05, 3.63) is 138 Å². The van der Waals surface area contributed by atoms with E-state index >= 15 is 0 Å². The number of phenols is 1. The molecule has 8 rings (SSSR count). The van der Waals surface area contributed by atoms with Crippen molar-refractivity contribution in [3.63, 3.8) is 0 Å². The van der Waals surface area contributed by atoms with Crippen LogP contribution in [0.3, 0.4) is 0 Å². The fourth-order valence-electron chi connectivity index (χ4n) is 10.5. The minimum atomic E-state index is -1.78. The van der Waals surface area contributed by atoms with E-state index in [0.717, 1.165) is 0 Å². The second kappa shape index (κ2) is 31.3. The van der Waals surface area contributed by atoms with E-state index in [4.69, 9.17) is 11.5 Å². The van der Waals surface area contributed by atoms with Gasteiger partial charge in [-0.2, -0.15) is 0 Å². The number of aromatic amines is 4. The Morgan fingerprint density at radius 3 is 1.63 bits per heavy atom. The van der Waals surface area contributed by atoms with Crippen LogP contribution in [0.2, 0.25) is 0 Å². The van der Waals surface area contributed by atoms with Crippen LogP contribution in [0.1, 0.15) is 53.8 Å². The number of primary amides is 1. The van der Waals surface area contributed by atoms with Gasteiger partial charge in [0, 0.05) is 103 Å². The van der Waals surface area contributed by atoms with Gasteiger partial charge in [-0.1, -0.05) is 48.5 Å². The lowest BCUT2D eigenvalue weighted by Crippen LogP contribution is -2.60. The van der Waals surface area contributed by atoms with Crippen LogP contribution in [-0.4, -0.2) is 190 Å². The number of aliphatic carboxylic acids is 1. The van der Waals surface area contributed by atoms with Gasteiger partial charge in [-0.05, 0) is 60.2 Å². The maximum Gasteiger partial charge on any atom is 0.322 e. The number of aliphatic hydroxyl groups excluding tert-OH is 1. The summed E-state index contributed by atoms with van der Waals surface area (Å²) in [4.78, 5) is 171. The van der Waals surface area contributed by atoms with Crippen LogP contribution >= 0.6 is 0 Å². The van der Waals surface area contributed by atoms with Crippen LogP contribution in [0.15, 0.2) is 110 Å². The number of amides is 10. The van der Waals surface area contributed by atoms with E-state index < -0.39 is 133 Å². The van der Waals surface area contributed by atoms with Crippen molar-refractivity contribution in [3.8, 4) is 5.75 Å². The van der Waals surface area contributed by atoms with Gasteiger partial charge < -0.3 is 94.2 Å². The van der Waals surface area contributed by atoms with Crippen LogP contribution < -0.4 is 54.0 Å². The number of aromatic hydroxyl groups is 1. The first-order chi connectivity index (χ1) is 43.7. The summed E-state index contributed by atoms with van der Waals surface area (Å²) in [5.41, 5.74) is 15.1. The van der Waals surface area contributed by atoms with Crippen molar-refractivity contribution in [2.24, 2.45) is 11.5 Å². The van der Waals surface area contributed by atoms with Crippen LogP contribution in [0.25, 0.3) is 21.8 Å². The van der Waals surface area contributed by atoms with Crippen molar-refractivity contribution >= 4 is 86.8 Å². The maximum atomic E-state index is 14.7. The molecule has 10 amide bonds. The quantitative estimate of drug-likeness (QED) is 0.0201. The van der Waals surface area contributed by atoms with E-state index in [1.165, 1.54) is 54.2 Å². The smallest absolute Gasteiger partial charge is 0.322 e. The summed E-state index contributed by atoms with van der Waals surface area (Å²) < 4.78 is 0. The number of para-hydroxylation sites is 2. The Morgan fingerprint density at radius 2 is 1.09 bits per heavy atom. The molecule has 0 unspecified atom stereocenters. The van der Waals surface area contributed by atoms with E-state index in [-0.39, 0.29) is 63.7 Å². The molecule has 5 heterocycles. The van der Waals surface area contributed by atoms with Crippen molar-refractivity contribution in [1.82, 2.24) is 77.3 Å². The predicted octanol–water partition coefficient (Wildman–Crippen LogP) is -2.88. The molecule has 3 aromatic carbocycles. The van der Waals surface area contributed by atoms with Gasteiger partial charge in [-0.3, -0.25) is 52.7 Å². The molecule has 480 valence electrons. The minimum absolute atomic E-state index is 0.0686. The number of hydrogen-bond acceptors (Lipinski definition) is 16. The zero-order valence-corrected chi connectivity index (χ0v) is 49.0. The Kier molecular flexibility index (Phi) is 22.7. The van der Waals surface area contributed by atoms with Gasteiger partial charge in [0.2, 0.25) is 59.1 Å². The molecule has 8 atom stereocenters. The van der Waals surface area contributed by atoms with E-state index in [1.54, 1.807) is 60.9 Å². The maximum absolute atomic E-state index is 14.7. The van der Waals surface area contributed by atoms with Gasteiger partial charge in [-0.25, -0.2) is 9.97 Å². The number of carboxylic acid groups (broad SMARTS) is 1. The van der Waals surface area contributed by atoms with Crippen molar-refractivity contribution < 1.29 is 68.1 Å². The molecule has 0 bridgehead atoms. The summed E-state index contributed by atoms with van der Waals surface area (Å²) in [6, 6.07) is 8.79. The molecule has 19 N–H and O–H groups in total. The first-order valence-electron chi connectivity index (χ1n) is 29.1. The Hall–Kier alpha value is -11.0. The lowest BCUT2D eigenvalue weighted by atomic mass is 10.0. The molecular weight excluding hydrogens is 1180 g/mol. The second-order valence-corrected chi connectivity index (χ2v) is 21.8. The number of benzene rings is 3. The molecule has 1 aliphatic rings. The molecular formula is C60H71N17O14. The number of hydrogen-bond donors (Lipinski definition) is 17. The Balaban J connectivity index is 0.983.